The Bertz CT molecular complexity index is 1450. The van der Waals surface area contributed by atoms with E-state index in [9.17, 15) is 0 Å². The Kier molecular flexibility index (Phi) is 4.19. The summed E-state index contributed by atoms with van der Waals surface area (Å²) in [6.07, 6.45) is 0. The van der Waals surface area contributed by atoms with Crippen LogP contribution in [0.15, 0.2) is 109 Å². The average molecular weight is 412 g/mol. The lowest BCUT2D eigenvalue weighted by atomic mass is 9.82. The van der Waals surface area contributed by atoms with Crippen LogP contribution in [-0.2, 0) is 5.41 Å². The molecule has 0 aromatic heterocycles. The third-order valence-electron chi connectivity index (χ3n) is 6.86. The van der Waals surface area contributed by atoms with E-state index in [2.05, 4.69) is 128 Å². The Morgan fingerprint density at radius 3 is 2.06 bits per heavy atom. The predicted molar refractivity (Wildman–Crippen MR) is 137 cm³/mol. The third-order valence-corrected chi connectivity index (χ3v) is 6.86. The second-order valence-electron chi connectivity index (χ2n) is 9.16. The highest BCUT2D eigenvalue weighted by atomic mass is 14.9. The van der Waals surface area contributed by atoms with Crippen molar-refractivity contribution in [2.24, 2.45) is 0 Å². The van der Waals surface area contributed by atoms with Crippen LogP contribution in [0.2, 0.25) is 0 Å². The van der Waals surface area contributed by atoms with E-state index in [0.29, 0.717) is 0 Å². The van der Waals surface area contributed by atoms with Crippen molar-refractivity contribution in [3.63, 3.8) is 0 Å². The Morgan fingerprint density at radius 1 is 0.531 bits per heavy atom. The first-order valence-electron chi connectivity index (χ1n) is 11.2. The van der Waals surface area contributed by atoms with E-state index in [1.165, 1.54) is 44.2 Å². The van der Waals surface area contributed by atoms with Crippen LogP contribution >= 0.6 is 0 Å². The molecule has 154 valence electrons. The van der Waals surface area contributed by atoms with Gasteiger partial charge in [-0.2, -0.15) is 0 Å². The fourth-order valence-electron chi connectivity index (χ4n) is 5.16. The fourth-order valence-corrected chi connectivity index (χ4v) is 5.16. The minimum absolute atomic E-state index is 0.0157. The van der Waals surface area contributed by atoms with Crippen molar-refractivity contribution in [1.82, 2.24) is 0 Å². The summed E-state index contributed by atoms with van der Waals surface area (Å²) in [6.45, 7) is 4.64. The summed E-state index contributed by atoms with van der Waals surface area (Å²) in [5.41, 5.74) is 10.2. The van der Waals surface area contributed by atoms with E-state index in [1.54, 1.807) is 0 Å². The van der Waals surface area contributed by atoms with Gasteiger partial charge < -0.3 is 5.32 Å². The lowest BCUT2D eigenvalue weighted by molar-refractivity contribution is 0.660. The van der Waals surface area contributed by atoms with Gasteiger partial charge in [-0.25, -0.2) is 0 Å². The highest BCUT2D eigenvalue weighted by molar-refractivity contribution is 5.96. The summed E-state index contributed by atoms with van der Waals surface area (Å²) in [5.74, 6) is 0. The highest BCUT2D eigenvalue weighted by Gasteiger charge is 2.35. The number of nitrogens with one attached hydrogen (secondary N) is 1. The highest BCUT2D eigenvalue weighted by Crippen LogP contribution is 2.49. The maximum absolute atomic E-state index is 3.61. The van der Waals surface area contributed by atoms with Crippen LogP contribution in [-0.4, -0.2) is 0 Å². The minimum atomic E-state index is 0.0157. The normalized spacial score (nSPS) is 13.6. The van der Waals surface area contributed by atoms with Crippen LogP contribution in [0, 0.1) is 0 Å². The summed E-state index contributed by atoms with van der Waals surface area (Å²) in [7, 11) is 0. The van der Waals surface area contributed by atoms with Gasteiger partial charge in [-0.3, -0.25) is 0 Å². The van der Waals surface area contributed by atoms with Gasteiger partial charge in [0.05, 0.1) is 0 Å². The first-order valence-corrected chi connectivity index (χ1v) is 11.2. The Hall–Kier alpha value is -3.84. The zero-order chi connectivity index (χ0) is 21.7. The van der Waals surface area contributed by atoms with Gasteiger partial charge in [0.1, 0.15) is 0 Å². The molecule has 32 heavy (non-hydrogen) atoms. The molecule has 1 aliphatic rings. The average Bonchev–Trinajstić information content (AvgIpc) is 3.06. The van der Waals surface area contributed by atoms with E-state index in [4.69, 9.17) is 0 Å². The molecule has 0 bridgehead atoms. The molecule has 0 atom stereocenters. The molecule has 0 saturated carbocycles. The third kappa shape index (κ3) is 2.93. The molecule has 5 aromatic carbocycles. The SMILES string of the molecule is CC1(C)c2ccccc2-c2ccc(Nc3ccc(-c4cccc5ccccc45)cc3)cc21. The lowest BCUT2D eigenvalue weighted by Gasteiger charge is -2.22. The minimum Gasteiger partial charge on any atom is -0.356 e. The zero-order valence-electron chi connectivity index (χ0n) is 18.4. The maximum atomic E-state index is 3.61. The molecule has 0 radical (unpaired) electrons. The molecule has 0 heterocycles. The Labute approximate surface area is 189 Å². The predicted octanol–water partition coefficient (Wildman–Crippen LogP) is 8.56. The molecular weight excluding hydrogens is 386 g/mol. The monoisotopic (exact) mass is 411 g/mol. The molecule has 5 aromatic rings. The molecule has 0 amide bonds. The molecule has 1 N–H and O–H groups in total. The number of hydrogen-bond acceptors (Lipinski definition) is 1. The maximum Gasteiger partial charge on any atom is 0.0387 e. The van der Waals surface area contributed by atoms with Gasteiger partial charge in [-0.05, 0) is 68.4 Å². The number of benzene rings is 5. The molecule has 6 rings (SSSR count). The first-order chi connectivity index (χ1) is 15.6. The van der Waals surface area contributed by atoms with Crippen molar-refractivity contribution in [2.75, 3.05) is 5.32 Å². The topological polar surface area (TPSA) is 12.0 Å². The molecule has 0 saturated heterocycles. The summed E-state index contributed by atoms with van der Waals surface area (Å²) in [4.78, 5) is 0. The summed E-state index contributed by atoms with van der Waals surface area (Å²) in [6, 6.07) is 39.4. The van der Waals surface area contributed by atoms with E-state index in [-0.39, 0.29) is 5.41 Å². The summed E-state index contributed by atoms with van der Waals surface area (Å²) < 4.78 is 0. The van der Waals surface area contributed by atoms with E-state index < -0.39 is 0 Å². The molecule has 1 heteroatoms. The van der Waals surface area contributed by atoms with E-state index >= 15 is 0 Å². The number of rotatable bonds is 3. The second kappa shape index (κ2) is 7.10. The lowest BCUT2D eigenvalue weighted by Crippen LogP contribution is -2.15. The van der Waals surface area contributed by atoms with Crippen LogP contribution in [0.3, 0.4) is 0 Å². The Morgan fingerprint density at radius 2 is 1.19 bits per heavy atom. The van der Waals surface area contributed by atoms with Crippen LogP contribution in [0.1, 0.15) is 25.0 Å². The molecule has 0 unspecified atom stereocenters. The van der Waals surface area contributed by atoms with Crippen molar-refractivity contribution in [3.8, 4) is 22.3 Å². The smallest absolute Gasteiger partial charge is 0.0387 e. The van der Waals surface area contributed by atoms with Crippen molar-refractivity contribution >= 4 is 22.1 Å². The van der Waals surface area contributed by atoms with Gasteiger partial charge in [0.2, 0.25) is 0 Å². The summed E-state index contributed by atoms with van der Waals surface area (Å²) in [5, 5.41) is 6.17. The zero-order valence-corrected chi connectivity index (χ0v) is 18.4. The number of hydrogen-bond donors (Lipinski definition) is 1. The van der Waals surface area contributed by atoms with Gasteiger partial charge in [-0.15, -0.1) is 0 Å². The van der Waals surface area contributed by atoms with Crippen LogP contribution in [0.25, 0.3) is 33.0 Å². The van der Waals surface area contributed by atoms with Crippen molar-refractivity contribution in [2.45, 2.75) is 19.3 Å². The largest absolute Gasteiger partial charge is 0.356 e. The molecule has 1 nitrogen and oxygen atoms in total. The van der Waals surface area contributed by atoms with Crippen LogP contribution < -0.4 is 5.32 Å². The van der Waals surface area contributed by atoms with Crippen molar-refractivity contribution in [1.29, 1.82) is 0 Å². The van der Waals surface area contributed by atoms with Gasteiger partial charge in [0.25, 0.3) is 0 Å². The first kappa shape index (κ1) is 18.9. The number of fused-ring (bicyclic) bond motifs is 4. The van der Waals surface area contributed by atoms with Crippen molar-refractivity contribution < 1.29 is 0 Å². The van der Waals surface area contributed by atoms with Gasteiger partial charge in [-0.1, -0.05) is 98.8 Å². The molecule has 0 spiro atoms. The summed E-state index contributed by atoms with van der Waals surface area (Å²) >= 11 is 0. The van der Waals surface area contributed by atoms with E-state index in [1.807, 2.05) is 0 Å². The van der Waals surface area contributed by atoms with Gasteiger partial charge in [0, 0.05) is 16.8 Å². The molecule has 1 aliphatic carbocycles. The van der Waals surface area contributed by atoms with Gasteiger partial charge >= 0.3 is 0 Å². The van der Waals surface area contributed by atoms with Gasteiger partial charge in [0.15, 0.2) is 0 Å². The van der Waals surface area contributed by atoms with Crippen LogP contribution in [0.4, 0.5) is 11.4 Å². The standard InChI is InChI=1S/C31H25N/c1-31(2)29-13-6-5-11-27(29)28-19-18-24(20-30(28)31)32-23-16-14-22(15-17-23)26-12-7-9-21-8-3-4-10-25(21)26/h3-20,32H,1-2H3. The van der Waals surface area contributed by atoms with Crippen molar-refractivity contribution in [3.05, 3.63) is 120 Å². The Balaban J connectivity index is 1.31. The van der Waals surface area contributed by atoms with E-state index in [0.717, 1.165) is 11.4 Å². The molecular formula is C31H25N. The molecule has 0 fully saturated rings. The number of anilines is 2. The second-order valence-corrected chi connectivity index (χ2v) is 9.16. The molecule has 0 aliphatic heterocycles. The fraction of sp³-hybridized carbons (Fsp3) is 0.0968. The quantitative estimate of drug-likeness (QED) is 0.313. The van der Waals surface area contributed by atoms with Crippen LogP contribution in [0.5, 0.6) is 0 Å².